The van der Waals surface area contributed by atoms with E-state index >= 15 is 0 Å². The van der Waals surface area contributed by atoms with Crippen molar-refractivity contribution >= 4 is 11.8 Å². The molecule has 0 aromatic carbocycles. The van der Waals surface area contributed by atoms with Gasteiger partial charge >= 0.3 is 0 Å². The third kappa shape index (κ3) is 4.12. The molecule has 0 radical (unpaired) electrons. The Morgan fingerprint density at radius 2 is 2.22 bits per heavy atom. The first kappa shape index (κ1) is 14.6. The van der Waals surface area contributed by atoms with Crippen LogP contribution in [0.3, 0.4) is 0 Å². The van der Waals surface area contributed by atoms with Crippen LogP contribution in [0, 0.1) is 5.92 Å². The first-order valence-electron chi connectivity index (χ1n) is 7.35. The third-order valence-corrected chi connectivity index (χ3v) is 5.59. The summed E-state index contributed by atoms with van der Waals surface area (Å²) in [5.74, 6) is 1.91. The van der Waals surface area contributed by atoms with Crippen LogP contribution in [0.25, 0.3) is 0 Å². The number of nitrogens with one attached hydrogen (secondary N) is 1. The lowest BCUT2D eigenvalue weighted by atomic mass is 10.0. The first-order chi connectivity index (χ1) is 8.81. The average molecular weight is 273 g/mol. The number of thioether (sulfide) groups is 1. The number of hydrogen-bond donors (Lipinski definition) is 1. The van der Waals surface area contributed by atoms with Crippen molar-refractivity contribution < 1.29 is 9.47 Å². The molecule has 0 aromatic rings. The molecule has 2 rings (SSSR count). The zero-order chi connectivity index (χ0) is 12.8. The minimum atomic E-state index is 0.432. The Morgan fingerprint density at radius 1 is 1.33 bits per heavy atom. The third-order valence-electron chi connectivity index (χ3n) is 3.99. The zero-order valence-corrected chi connectivity index (χ0v) is 12.5. The Bertz CT molecular complexity index is 234. The maximum absolute atomic E-state index is 5.64. The molecule has 0 amide bonds. The fraction of sp³-hybridized carbons (Fsp3) is 1.00. The van der Waals surface area contributed by atoms with Crippen LogP contribution in [-0.4, -0.2) is 49.5 Å². The molecule has 0 aliphatic carbocycles. The Hall–Kier alpha value is 0.230. The first-order valence-corrected chi connectivity index (χ1v) is 8.40. The maximum atomic E-state index is 5.64. The molecular formula is C14H27NO2S. The van der Waals surface area contributed by atoms with Gasteiger partial charge in [-0.3, -0.25) is 0 Å². The average Bonchev–Trinajstić information content (AvgIpc) is 3.01. The summed E-state index contributed by atoms with van der Waals surface area (Å²) in [5, 5.41) is 4.40. The van der Waals surface area contributed by atoms with Gasteiger partial charge in [-0.05, 0) is 32.7 Å². The lowest BCUT2D eigenvalue weighted by Gasteiger charge is -2.25. The van der Waals surface area contributed by atoms with Crippen molar-refractivity contribution in [2.45, 2.75) is 50.5 Å². The van der Waals surface area contributed by atoms with E-state index in [1.54, 1.807) is 0 Å². The Kier molecular flexibility index (Phi) is 6.29. The van der Waals surface area contributed by atoms with E-state index < -0.39 is 0 Å². The summed E-state index contributed by atoms with van der Waals surface area (Å²) < 4.78 is 11.2. The Balaban J connectivity index is 1.76. The van der Waals surface area contributed by atoms with Crippen LogP contribution in [0.15, 0.2) is 0 Å². The zero-order valence-electron chi connectivity index (χ0n) is 11.7. The summed E-state index contributed by atoms with van der Waals surface area (Å²) in [4.78, 5) is 0. The molecule has 106 valence electrons. The largest absolute Gasteiger partial charge is 0.381 e. The van der Waals surface area contributed by atoms with Crippen molar-refractivity contribution in [1.82, 2.24) is 5.32 Å². The van der Waals surface area contributed by atoms with Crippen molar-refractivity contribution in [2.75, 3.05) is 32.1 Å². The predicted molar refractivity (Wildman–Crippen MR) is 77.3 cm³/mol. The lowest BCUT2D eigenvalue weighted by Crippen LogP contribution is -2.39. The van der Waals surface area contributed by atoms with Gasteiger partial charge < -0.3 is 14.8 Å². The van der Waals surface area contributed by atoms with E-state index in [1.165, 1.54) is 25.0 Å². The molecule has 2 aliphatic heterocycles. The van der Waals surface area contributed by atoms with E-state index in [4.69, 9.17) is 9.47 Å². The molecule has 2 aliphatic rings. The molecule has 2 heterocycles. The standard InChI is InChI=1S/C14H27NO2S/c1-3-6-15-13(12-4-7-16-9-12)10-18-14-5-8-17-11(14)2/h11-15H,3-10H2,1-2H3. The molecule has 0 aromatic heterocycles. The van der Waals surface area contributed by atoms with Gasteiger partial charge in [0.1, 0.15) is 0 Å². The van der Waals surface area contributed by atoms with Crippen molar-refractivity contribution in [3.05, 3.63) is 0 Å². The molecule has 3 nitrogen and oxygen atoms in total. The van der Waals surface area contributed by atoms with Gasteiger partial charge in [0.05, 0.1) is 12.7 Å². The summed E-state index contributed by atoms with van der Waals surface area (Å²) in [7, 11) is 0. The normalized spacial score (nSPS) is 34.0. The topological polar surface area (TPSA) is 30.5 Å². The smallest absolute Gasteiger partial charge is 0.0666 e. The van der Waals surface area contributed by atoms with Crippen LogP contribution in [0.5, 0.6) is 0 Å². The van der Waals surface area contributed by atoms with Crippen molar-refractivity contribution in [3.63, 3.8) is 0 Å². The van der Waals surface area contributed by atoms with Gasteiger partial charge in [-0.25, -0.2) is 0 Å². The van der Waals surface area contributed by atoms with Gasteiger partial charge in [-0.1, -0.05) is 6.92 Å². The predicted octanol–water partition coefficient (Wildman–Crippen LogP) is 2.30. The molecular weight excluding hydrogens is 246 g/mol. The van der Waals surface area contributed by atoms with Gasteiger partial charge in [-0.15, -0.1) is 0 Å². The highest BCUT2D eigenvalue weighted by Gasteiger charge is 2.29. The van der Waals surface area contributed by atoms with E-state index in [0.717, 1.165) is 26.4 Å². The molecule has 0 saturated carbocycles. The molecule has 2 saturated heterocycles. The second-order valence-electron chi connectivity index (χ2n) is 5.42. The maximum Gasteiger partial charge on any atom is 0.0666 e. The second-order valence-corrected chi connectivity index (χ2v) is 6.69. The fourth-order valence-electron chi connectivity index (χ4n) is 2.72. The van der Waals surface area contributed by atoms with Crippen LogP contribution < -0.4 is 5.32 Å². The lowest BCUT2D eigenvalue weighted by molar-refractivity contribution is 0.127. The molecule has 18 heavy (non-hydrogen) atoms. The molecule has 0 bridgehead atoms. The molecule has 2 fully saturated rings. The van der Waals surface area contributed by atoms with Gasteiger partial charge in [-0.2, -0.15) is 11.8 Å². The summed E-state index contributed by atoms with van der Waals surface area (Å²) in [6, 6.07) is 0.616. The summed E-state index contributed by atoms with van der Waals surface area (Å²) in [5.41, 5.74) is 0. The van der Waals surface area contributed by atoms with E-state index in [-0.39, 0.29) is 0 Å². The van der Waals surface area contributed by atoms with E-state index in [0.29, 0.717) is 23.3 Å². The van der Waals surface area contributed by atoms with Crippen LogP contribution in [0.2, 0.25) is 0 Å². The number of hydrogen-bond acceptors (Lipinski definition) is 4. The van der Waals surface area contributed by atoms with E-state index in [2.05, 4.69) is 30.9 Å². The van der Waals surface area contributed by atoms with Gasteiger partial charge in [0.2, 0.25) is 0 Å². The van der Waals surface area contributed by atoms with Crippen LogP contribution in [0.4, 0.5) is 0 Å². The Morgan fingerprint density at radius 3 is 2.83 bits per heavy atom. The van der Waals surface area contributed by atoms with Crippen LogP contribution >= 0.6 is 11.8 Å². The SMILES string of the molecule is CCCNC(CSC1CCOC1C)C1CCOC1. The summed E-state index contributed by atoms with van der Waals surface area (Å²) >= 11 is 2.09. The summed E-state index contributed by atoms with van der Waals surface area (Å²) in [6.07, 6.45) is 4.07. The minimum Gasteiger partial charge on any atom is -0.381 e. The van der Waals surface area contributed by atoms with Gasteiger partial charge in [0.25, 0.3) is 0 Å². The number of ether oxygens (including phenoxy) is 2. The van der Waals surface area contributed by atoms with Crippen LogP contribution in [-0.2, 0) is 9.47 Å². The van der Waals surface area contributed by atoms with Crippen molar-refractivity contribution in [3.8, 4) is 0 Å². The number of rotatable bonds is 7. The van der Waals surface area contributed by atoms with E-state index in [9.17, 15) is 0 Å². The Labute approximate surface area is 115 Å². The van der Waals surface area contributed by atoms with Gasteiger partial charge in [0.15, 0.2) is 0 Å². The highest BCUT2D eigenvalue weighted by atomic mass is 32.2. The van der Waals surface area contributed by atoms with Gasteiger partial charge in [0, 0.05) is 36.2 Å². The molecule has 0 spiro atoms. The second kappa shape index (κ2) is 7.73. The van der Waals surface area contributed by atoms with Crippen molar-refractivity contribution in [1.29, 1.82) is 0 Å². The van der Waals surface area contributed by atoms with Crippen molar-refractivity contribution in [2.24, 2.45) is 5.92 Å². The fourth-order valence-corrected chi connectivity index (χ4v) is 4.18. The highest BCUT2D eigenvalue weighted by Crippen LogP contribution is 2.29. The molecule has 4 heteroatoms. The quantitative estimate of drug-likeness (QED) is 0.771. The highest BCUT2D eigenvalue weighted by molar-refractivity contribution is 8.00. The molecule has 4 atom stereocenters. The molecule has 1 N–H and O–H groups in total. The molecule has 4 unspecified atom stereocenters. The minimum absolute atomic E-state index is 0.432. The van der Waals surface area contributed by atoms with Crippen LogP contribution in [0.1, 0.15) is 33.1 Å². The van der Waals surface area contributed by atoms with E-state index in [1.807, 2.05) is 0 Å². The monoisotopic (exact) mass is 273 g/mol. The summed E-state index contributed by atoms with van der Waals surface area (Å²) in [6.45, 7) is 8.39.